The van der Waals surface area contributed by atoms with Gasteiger partial charge in [0.1, 0.15) is 0 Å². The topological polar surface area (TPSA) is 21.3 Å². The van der Waals surface area contributed by atoms with Crippen LogP contribution in [0.25, 0.3) is 0 Å². The Kier molecular flexibility index (Phi) is 5.66. The van der Waals surface area contributed by atoms with Gasteiger partial charge in [-0.1, -0.05) is 45.0 Å². The first-order chi connectivity index (χ1) is 8.07. The molecule has 0 saturated heterocycles. The summed E-state index contributed by atoms with van der Waals surface area (Å²) in [5, 5.41) is 3.52. The van der Waals surface area contributed by atoms with Gasteiger partial charge in [-0.25, -0.2) is 0 Å². The van der Waals surface area contributed by atoms with E-state index in [1.807, 2.05) is 0 Å². The summed E-state index contributed by atoms with van der Waals surface area (Å²) in [5.74, 6) is 0. The predicted octanol–water partition coefficient (Wildman–Crippen LogP) is 3.36. The quantitative estimate of drug-likeness (QED) is 0.782. The number of ether oxygens (including phenoxy) is 1. The smallest absolute Gasteiger partial charge is 0.0713 e. The highest BCUT2D eigenvalue weighted by molar-refractivity contribution is 5.22. The van der Waals surface area contributed by atoms with Gasteiger partial charge in [-0.3, -0.25) is 0 Å². The van der Waals surface area contributed by atoms with Crippen molar-refractivity contribution in [3.8, 4) is 0 Å². The fourth-order valence-corrected chi connectivity index (χ4v) is 1.67. The Morgan fingerprint density at radius 3 is 2.59 bits per heavy atom. The van der Waals surface area contributed by atoms with Crippen LogP contribution in [0, 0.1) is 5.41 Å². The zero-order chi connectivity index (χ0) is 12.7. The fourth-order valence-electron chi connectivity index (χ4n) is 1.67. The Bertz CT molecular complexity index is 333. The largest absolute Gasteiger partial charge is 0.380 e. The van der Waals surface area contributed by atoms with Crippen LogP contribution in [0.5, 0.6) is 0 Å². The van der Waals surface area contributed by atoms with E-state index in [4.69, 9.17) is 4.74 Å². The zero-order valence-electron chi connectivity index (χ0n) is 11.5. The molecule has 0 saturated carbocycles. The molecule has 0 fully saturated rings. The highest BCUT2D eigenvalue weighted by Crippen LogP contribution is 2.18. The normalized spacial score (nSPS) is 11.8. The van der Waals surface area contributed by atoms with E-state index in [1.165, 1.54) is 17.5 Å². The van der Waals surface area contributed by atoms with Gasteiger partial charge in [0.2, 0.25) is 0 Å². The maximum absolute atomic E-state index is 5.14. The molecule has 1 N–H and O–H groups in total. The Morgan fingerprint density at radius 1 is 1.24 bits per heavy atom. The number of benzene rings is 1. The second-order valence-electron chi connectivity index (χ2n) is 5.37. The Balaban J connectivity index is 2.44. The summed E-state index contributed by atoms with van der Waals surface area (Å²) < 4.78 is 5.14. The van der Waals surface area contributed by atoms with Crippen LogP contribution in [0.4, 0.5) is 0 Å². The molecule has 0 heterocycles. The molecule has 1 aromatic rings. The van der Waals surface area contributed by atoms with E-state index in [-0.39, 0.29) is 0 Å². The van der Waals surface area contributed by atoms with Crippen molar-refractivity contribution in [1.29, 1.82) is 0 Å². The maximum Gasteiger partial charge on any atom is 0.0713 e. The van der Waals surface area contributed by atoms with E-state index in [1.54, 1.807) is 7.11 Å². The van der Waals surface area contributed by atoms with Crippen molar-refractivity contribution in [3.63, 3.8) is 0 Å². The van der Waals surface area contributed by atoms with E-state index in [0.717, 1.165) is 13.1 Å². The first-order valence-electron chi connectivity index (χ1n) is 6.35. The van der Waals surface area contributed by atoms with Crippen LogP contribution in [0.3, 0.4) is 0 Å². The lowest BCUT2D eigenvalue weighted by Gasteiger charge is -2.23. The van der Waals surface area contributed by atoms with Gasteiger partial charge in [0.05, 0.1) is 6.61 Å². The van der Waals surface area contributed by atoms with Gasteiger partial charge in [-0.05, 0) is 23.0 Å². The van der Waals surface area contributed by atoms with Crippen molar-refractivity contribution in [2.45, 2.75) is 40.3 Å². The molecule has 0 radical (unpaired) electrons. The first kappa shape index (κ1) is 14.2. The number of hydrogen-bond acceptors (Lipinski definition) is 2. The molecular formula is C15H25NO. The fraction of sp³-hybridized carbons (Fsp3) is 0.600. The average molecular weight is 235 g/mol. The molecule has 1 rings (SSSR count). The molecule has 0 bridgehead atoms. The molecule has 0 aromatic heterocycles. The van der Waals surface area contributed by atoms with Crippen LogP contribution in [0.2, 0.25) is 0 Å². The molecule has 2 nitrogen and oxygen atoms in total. The van der Waals surface area contributed by atoms with Gasteiger partial charge in [-0.2, -0.15) is 0 Å². The third-order valence-corrected chi connectivity index (χ3v) is 3.19. The molecule has 0 aliphatic carbocycles. The second-order valence-corrected chi connectivity index (χ2v) is 5.37. The van der Waals surface area contributed by atoms with Crippen molar-refractivity contribution in [3.05, 3.63) is 35.4 Å². The third kappa shape index (κ3) is 5.33. The summed E-state index contributed by atoms with van der Waals surface area (Å²) in [4.78, 5) is 0. The molecule has 2 heteroatoms. The lowest BCUT2D eigenvalue weighted by Crippen LogP contribution is -2.28. The van der Waals surface area contributed by atoms with Crippen LogP contribution in [0.15, 0.2) is 24.3 Å². The molecule has 96 valence electrons. The summed E-state index contributed by atoms with van der Waals surface area (Å²) in [7, 11) is 1.73. The van der Waals surface area contributed by atoms with Crippen LogP contribution in [0.1, 0.15) is 38.3 Å². The Labute approximate surface area is 105 Å². The molecule has 0 aliphatic rings. The highest BCUT2D eigenvalue weighted by Gasteiger charge is 2.13. The van der Waals surface area contributed by atoms with Crippen molar-refractivity contribution in [1.82, 2.24) is 5.32 Å². The molecular weight excluding hydrogens is 210 g/mol. The van der Waals surface area contributed by atoms with E-state index in [0.29, 0.717) is 12.0 Å². The standard InChI is InChI=1S/C15H25NO/c1-5-15(2,3)12-16-10-13-7-6-8-14(9-13)11-17-4/h6-9,16H,5,10-12H2,1-4H3. The Morgan fingerprint density at radius 2 is 1.94 bits per heavy atom. The second kappa shape index (κ2) is 6.77. The molecule has 0 amide bonds. The van der Waals surface area contributed by atoms with Crippen molar-refractivity contribution < 1.29 is 4.74 Å². The van der Waals surface area contributed by atoms with Crippen LogP contribution < -0.4 is 5.32 Å². The molecule has 0 unspecified atom stereocenters. The molecule has 1 aromatic carbocycles. The van der Waals surface area contributed by atoms with Crippen LogP contribution >= 0.6 is 0 Å². The minimum Gasteiger partial charge on any atom is -0.380 e. The van der Waals surface area contributed by atoms with E-state index in [9.17, 15) is 0 Å². The molecule has 0 atom stereocenters. The predicted molar refractivity (Wildman–Crippen MR) is 72.9 cm³/mol. The van der Waals surface area contributed by atoms with Gasteiger partial charge < -0.3 is 10.1 Å². The molecule has 0 aliphatic heterocycles. The van der Waals surface area contributed by atoms with E-state index < -0.39 is 0 Å². The number of nitrogens with one attached hydrogen (secondary N) is 1. The number of hydrogen-bond donors (Lipinski definition) is 1. The minimum atomic E-state index is 0.379. The summed E-state index contributed by atoms with van der Waals surface area (Å²) in [5.41, 5.74) is 2.94. The summed E-state index contributed by atoms with van der Waals surface area (Å²) in [6.07, 6.45) is 1.20. The number of methoxy groups -OCH3 is 1. The van der Waals surface area contributed by atoms with Crippen molar-refractivity contribution in [2.24, 2.45) is 5.41 Å². The molecule has 0 spiro atoms. The van der Waals surface area contributed by atoms with Gasteiger partial charge in [0.15, 0.2) is 0 Å². The summed E-state index contributed by atoms with van der Waals surface area (Å²) >= 11 is 0. The van der Waals surface area contributed by atoms with Crippen LogP contribution in [-0.2, 0) is 17.9 Å². The minimum absolute atomic E-state index is 0.379. The lowest BCUT2D eigenvalue weighted by molar-refractivity contribution is 0.185. The van der Waals surface area contributed by atoms with E-state index in [2.05, 4.69) is 50.4 Å². The summed E-state index contributed by atoms with van der Waals surface area (Å²) in [6, 6.07) is 8.56. The zero-order valence-corrected chi connectivity index (χ0v) is 11.5. The highest BCUT2D eigenvalue weighted by atomic mass is 16.5. The Hall–Kier alpha value is -0.860. The first-order valence-corrected chi connectivity index (χ1v) is 6.35. The lowest BCUT2D eigenvalue weighted by atomic mass is 9.90. The van der Waals surface area contributed by atoms with Crippen molar-refractivity contribution in [2.75, 3.05) is 13.7 Å². The molecule has 17 heavy (non-hydrogen) atoms. The summed E-state index contributed by atoms with van der Waals surface area (Å²) in [6.45, 7) is 9.50. The van der Waals surface area contributed by atoms with Gasteiger partial charge in [0, 0.05) is 20.2 Å². The maximum atomic E-state index is 5.14. The monoisotopic (exact) mass is 235 g/mol. The average Bonchev–Trinajstić information content (AvgIpc) is 2.30. The van der Waals surface area contributed by atoms with E-state index >= 15 is 0 Å². The van der Waals surface area contributed by atoms with Crippen LogP contribution in [-0.4, -0.2) is 13.7 Å². The van der Waals surface area contributed by atoms with Gasteiger partial charge >= 0.3 is 0 Å². The SMILES string of the molecule is CCC(C)(C)CNCc1cccc(COC)c1. The van der Waals surface area contributed by atoms with Gasteiger partial charge in [0.25, 0.3) is 0 Å². The van der Waals surface area contributed by atoms with Gasteiger partial charge in [-0.15, -0.1) is 0 Å². The third-order valence-electron chi connectivity index (χ3n) is 3.19. The number of rotatable bonds is 7. The van der Waals surface area contributed by atoms with Crippen molar-refractivity contribution >= 4 is 0 Å².